The highest BCUT2D eigenvalue weighted by Crippen LogP contribution is 2.47. The van der Waals surface area contributed by atoms with Crippen LogP contribution in [0.3, 0.4) is 0 Å². The normalized spacial score (nSPS) is 14.2. The lowest BCUT2D eigenvalue weighted by molar-refractivity contribution is 1.12. The number of rotatable bonds is 4. The van der Waals surface area contributed by atoms with Gasteiger partial charge in [0.05, 0.1) is 16.7 Å². The average Bonchev–Trinajstić information content (AvgIpc) is 3.96. The van der Waals surface area contributed by atoms with Crippen LogP contribution in [0.25, 0.3) is 88.4 Å². The minimum absolute atomic E-state index is 0.0409. The molecule has 4 aliphatic heterocycles. The summed E-state index contributed by atoms with van der Waals surface area (Å²) in [4.78, 5) is 0. The molecule has 6 heterocycles. The van der Waals surface area contributed by atoms with Crippen LogP contribution in [0.15, 0.2) is 176 Å². The van der Waals surface area contributed by atoms with Gasteiger partial charge in [0.25, 0.3) is 6.71 Å². The Hall–Kier alpha value is -7.14. The zero-order valence-corrected chi connectivity index (χ0v) is 35.6. The minimum Gasteiger partial charge on any atom is -0.310 e. The Balaban J connectivity index is 1.24. The molecule has 9 aromatic carbocycles. The SMILES string of the molecule is CCc1cc2c3c(c1)c1cc(CC)cc4c1n3-c1c(ccc3c1B2c1c2ccccc2cc2c(-c5ccccc5)c(-c5ccccc5)n-3c12)[Si]41c2ccccc2-c2ccccc21. The molecule has 62 heavy (non-hydrogen) atoms. The van der Waals surface area contributed by atoms with Crippen LogP contribution in [-0.4, -0.2) is 23.9 Å². The van der Waals surface area contributed by atoms with Gasteiger partial charge in [0, 0.05) is 38.6 Å². The van der Waals surface area contributed by atoms with Gasteiger partial charge in [0.2, 0.25) is 0 Å². The molecule has 2 aromatic heterocycles. The summed E-state index contributed by atoms with van der Waals surface area (Å²) in [5, 5.41) is 12.9. The molecule has 288 valence electrons. The Bertz CT molecular complexity index is 3790. The quantitative estimate of drug-likeness (QED) is 0.157. The predicted molar refractivity (Wildman–Crippen MR) is 266 cm³/mol. The van der Waals surface area contributed by atoms with Crippen LogP contribution >= 0.6 is 0 Å². The highest BCUT2D eigenvalue weighted by atomic mass is 28.3. The lowest BCUT2D eigenvalue weighted by Crippen LogP contribution is -2.77. The zero-order chi connectivity index (χ0) is 40.6. The fourth-order valence-electron chi connectivity index (χ4n) is 13.0. The third-order valence-corrected chi connectivity index (χ3v) is 20.2. The first-order valence-corrected chi connectivity index (χ1v) is 24.4. The first kappa shape index (κ1) is 33.6. The number of hydrogen-bond acceptors (Lipinski definition) is 0. The molecular weight excluding hydrogens is 764 g/mol. The van der Waals surface area contributed by atoms with Crippen molar-refractivity contribution in [1.82, 2.24) is 9.13 Å². The van der Waals surface area contributed by atoms with E-state index in [2.05, 4.69) is 199 Å². The highest BCUT2D eigenvalue weighted by Gasteiger charge is 2.56. The van der Waals surface area contributed by atoms with Gasteiger partial charge < -0.3 is 9.13 Å². The maximum absolute atomic E-state index is 2.87. The zero-order valence-electron chi connectivity index (χ0n) is 34.6. The van der Waals surface area contributed by atoms with Crippen molar-refractivity contribution in [2.75, 3.05) is 0 Å². The van der Waals surface area contributed by atoms with Crippen molar-refractivity contribution in [3.63, 3.8) is 0 Å². The second-order valence-corrected chi connectivity index (χ2v) is 21.7. The largest absolute Gasteiger partial charge is 0.310 e. The lowest BCUT2D eigenvalue weighted by atomic mass is 9.33. The third kappa shape index (κ3) is 3.74. The van der Waals surface area contributed by atoms with Gasteiger partial charge in [-0.3, -0.25) is 0 Å². The molecule has 0 N–H and O–H groups in total. The average molecular weight is 803 g/mol. The molecule has 0 amide bonds. The summed E-state index contributed by atoms with van der Waals surface area (Å²) in [5.74, 6) is 0. The number of nitrogens with zero attached hydrogens (tertiary/aromatic N) is 2. The van der Waals surface area contributed by atoms with Crippen LogP contribution in [0.1, 0.15) is 25.0 Å². The molecule has 4 aliphatic rings. The van der Waals surface area contributed by atoms with Gasteiger partial charge in [-0.2, -0.15) is 0 Å². The summed E-state index contributed by atoms with van der Waals surface area (Å²) in [6.45, 7) is 4.72. The molecule has 11 aromatic rings. The highest BCUT2D eigenvalue weighted by molar-refractivity contribution is 7.24. The van der Waals surface area contributed by atoms with Gasteiger partial charge in [-0.05, 0) is 118 Å². The molecule has 0 saturated carbocycles. The monoisotopic (exact) mass is 802 g/mol. The molecule has 0 saturated heterocycles. The van der Waals surface area contributed by atoms with E-state index < -0.39 is 8.07 Å². The summed E-state index contributed by atoms with van der Waals surface area (Å²) < 4.78 is 5.49. The lowest BCUT2D eigenvalue weighted by Gasteiger charge is -2.43. The number of fused-ring (bicyclic) bond motifs is 13. The summed E-state index contributed by atoms with van der Waals surface area (Å²) in [5.41, 5.74) is 22.0. The molecular formula is C58H39BN2Si. The van der Waals surface area contributed by atoms with E-state index in [-0.39, 0.29) is 6.71 Å². The minimum atomic E-state index is -2.87. The fraction of sp³-hybridized carbons (Fsp3) is 0.0690. The summed E-state index contributed by atoms with van der Waals surface area (Å²) in [6, 6.07) is 68.5. The molecule has 0 bridgehead atoms. The van der Waals surface area contributed by atoms with Crippen LogP contribution in [0, 0.1) is 0 Å². The van der Waals surface area contributed by atoms with E-state index >= 15 is 0 Å². The van der Waals surface area contributed by atoms with Gasteiger partial charge in [0.1, 0.15) is 0 Å². The van der Waals surface area contributed by atoms with Crippen molar-refractivity contribution >= 4 is 95.4 Å². The molecule has 0 aliphatic carbocycles. The smallest absolute Gasteiger partial charge is 0.253 e. The molecule has 0 atom stereocenters. The van der Waals surface area contributed by atoms with Gasteiger partial charge in [-0.15, -0.1) is 0 Å². The Kier molecular flexibility index (Phi) is 6.28. The molecule has 0 unspecified atom stereocenters. The van der Waals surface area contributed by atoms with Crippen molar-refractivity contribution in [3.8, 4) is 44.9 Å². The summed E-state index contributed by atoms with van der Waals surface area (Å²) in [6.07, 6.45) is 1.98. The molecule has 1 spiro atoms. The summed E-state index contributed by atoms with van der Waals surface area (Å²) in [7, 11) is -2.87. The van der Waals surface area contributed by atoms with E-state index in [1.807, 2.05) is 0 Å². The van der Waals surface area contributed by atoms with Crippen LogP contribution in [0.4, 0.5) is 0 Å². The van der Waals surface area contributed by atoms with Crippen LogP contribution < -0.4 is 37.1 Å². The maximum Gasteiger partial charge on any atom is 0.253 e. The van der Waals surface area contributed by atoms with E-state index in [0.717, 1.165) is 12.8 Å². The van der Waals surface area contributed by atoms with E-state index in [1.165, 1.54) is 131 Å². The summed E-state index contributed by atoms with van der Waals surface area (Å²) >= 11 is 0. The number of aryl methyl sites for hydroxylation is 2. The maximum atomic E-state index is 2.79. The number of aromatic nitrogens is 2. The molecule has 15 rings (SSSR count). The molecule has 0 radical (unpaired) electrons. The van der Waals surface area contributed by atoms with Crippen LogP contribution in [0.2, 0.25) is 0 Å². The molecule has 2 nitrogen and oxygen atoms in total. The first-order chi connectivity index (χ1) is 30.7. The van der Waals surface area contributed by atoms with Gasteiger partial charge >= 0.3 is 0 Å². The van der Waals surface area contributed by atoms with Gasteiger partial charge in [-0.1, -0.05) is 166 Å². The van der Waals surface area contributed by atoms with Crippen molar-refractivity contribution < 1.29 is 0 Å². The Labute approximate surface area is 361 Å². The van der Waals surface area contributed by atoms with Crippen molar-refractivity contribution in [3.05, 3.63) is 187 Å². The Morgan fingerprint density at radius 2 is 1.08 bits per heavy atom. The van der Waals surface area contributed by atoms with Gasteiger partial charge in [-0.25, -0.2) is 0 Å². The van der Waals surface area contributed by atoms with Gasteiger partial charge in [0.15, 0.2) is 8.07 Å². The Morgan fingerprint density at radius 3 is 1.81 bits per heavy atom. The van der Waals surface area contributed by atoms with E-state index in [1.54, 1.807) is 5.19 Å². The topological polar surface area (TPSA) is 9.86 Å². The first-order valence-electron chi connectivity index (χ1n) is 22.4. The Morgan fingerprint density at radius 1 is 0.452 bits per heavy atom. The van der Waals surface area contributed by atoms with Crippen molar-refractivity contribution in [1.29, 1.82) is 0 Å². The predicted octanol–water partition coefficient (Wildman–Crippen LogP) is 9.15. The number of benzene rings is 9. The number of hydrogen-bond donors (Lipinski definition) is 0. The van der Waals surface area contributed by atoms with Crippen molar-refractivity contribution in [2.24, 2.45) is 0 Å². The molecule has 4 heteroatoms. The van der Waals surface area contributed by atoms with Crippen LogP contribution in [-0.2, 0) is 12.8 Å². The van der Waals surface area contributed by atoms with E-state index in [9.17, 15) is 0 Å². The van der Waals surface area contributed by atoms with Crippen LogP contribution in [0.5, 0.6) is 0 Å². The second kappa shape index (κ2) is 11.6. The van der Waals surface area contributed by atoms with E-state index in [4.69, 9.17) is 0 Å². The third-order valence-electron chi connectivity index (χ3n) is 15.4. The molecule has 0 fully saturated rings. The fourth-order valence-corrected chi connectivity index (χ4v) is 18.7. The van der Waals surface area contributed by atoms with E-state index in [0.29, 0.717) is 0 Å². The van der Waals surface area contributed by atoms with Crippen molar-refractivity contribution in [2.45, 2.75) is 26.7 Å². The second-order valence-electron chi connectivity index (χ2n) is 18.0. The standard InChI is InChI=1S/C58H39BN2Si/c1-3-34-29-42-43-30-35(4-2)32-50-56(43)61-55(42)45(31-34)59-52-39-22-12-11-21-38(39)33-44-51(36-17-7-5-8-18-36)54(37-19-9-6-10-20-37)60(57(44)52)46-27-28-49(58(61)53(46)59)62(50)47-25-15-13-23-40(47)41-24-14-16-26-48(41)62/h5-33H,3-4H2,1-2H3.